The van der Waals surface area contributed by atoms with Crippen LogP contribution >= 0.6 is 0 Å². The van der Waals surface area contributed by atoms with Crippen LogP contribution < -0.4 is 28.4 Å². The van der Waals surface area contributed by atoms with Crippen LogP contribution in [0.5, 0.6) is 34.5 Å². The Kier molecular flexibility index (Phi) is 7.16. The van der Waals surface area contributed by atoms with Gasteiger partial charge in [-0.25, -0.2) is 0 Å². The van der Waals surface area contributed by atoms with Gasteiger partial charge in [-0.2, -0.15) is 0 Å². The van der Waals surface area contributed by atoms with Gasteiger partial charge in [-0.3, -0.25) is 0 Å². The summed E-state index contributed by atoms with van der Waals surface area (Å²) in [6.07, 6.45) is 0.880. The standard InChI is InChI=1S/C34H34O6/c1-35-25-9-5-21(6-10-25)24-15-23-16-29(32(38-4)18-31(23)39-19-24)34-28-14-13-27(37-3)17-33(28)40-20-30(34)22-7-11-26(36-2)12-8-22/h5-14,16-18,24,30,34H,15,19-20H2,1-4H3. The second-order valence-electron chi connectivity index (χ2n) is 10.3. The van der Waals surface area contributed by atoms with Crippen molar-refractivity contribution in [2.75, 3.05) is 41.7 Å². The van der Waals surface area contributed by atoms with Crippen molar-refractivity contribution >= 4 is 0 Å². The number of hydrogen-bond donors (Lipinski definition) is 0. The number of fused-ring (bicyclic) bond motifs is 2. The molecule has 3 atom stereocenters. The first-order valence-electron chi connectivity index (χ1n) is 13.5. The quantitative estimate of drug-likeness (QED) is 0.260. The Balaban J connectivity index is 1.43. The zero-order valence-corrected chi connectivity index (χ0v) is 23.3. The van der Waals surface area contributed by atoms with E-state index in [2.05, 4.69) is 42.5 Å². The van der Waals surface area contributed by atoms with Gasteiger partial charge in [0, 0.05) is 41.0 Å². The molecule has 3 unspecified atom stereocenters. The van der Waals surface area contributed by atoms with Crippen LogP contribution in [0.25, 0.3) is 0 Å². The number of ether oxygens (including phenoxy) is 6. The van der Waals surface area contributed by atoms with Crippen molar-refractivity contribution in [3.05, 3.63) is 107 Å². The minimum atomic E-state index is 0.00432. The molecule has 0 saturated heterocycles. The van der Waals surface area contributed by atoms with Crippen LogP contribution in [-0.4, -0.2) is 41.7 Å². The number of rotatable bonds is 7. The molecule has 0 bridgehead atoms. The molecule has 4 aromatic rings. The molecule has 206 valence electrons. The lowest BCUT2D eigenvalue weighted by Gasteiger charge is -2.36. The van der Waals surface area contributed by atoms with Crippen LogP contribution in [0.15, 0.2) is 78.9 Å². The van der Waals surface area contributed by atoms with E-state index in [0.717, 1.165) is 52.0 Å². The zero-order valence-electron chi connectivity index (χ0n) is 23.3. The molecule has 6 nitrogen and oxygen atoms in total. The molecule has 6 heteroatoms. The Morgan fingerprint density at radius 3 is 1.85 bits per heavy atom. The van der Waals surface area contributed by atoms with Gasteiger partial charge in [0.25, 0.3) is 0 Å². The van der Waals surface area contributed by atoms with Crippen molar-refractivity contribution in [1.29, 1.82) is 0 Å². The highest BCUT2D eigenvalue weighted by atomic mass is 16.5. The van der Waals surface area contributed by atoms with E-state index < -0.39 is 0 Å². The lowest BCUT2D eigenvalue weighted by atomic mass is 9.74. The van der Waals surface area contributed by atoms with Gasteiger partial charge in [0.1, 0.15) is 34.5 Å². The third kappa shape index (κ3) is 4.79. The van der Waals surface area contributed by atoms with E-state index in [4.69, 9.17) is 28.4 Å². The van der Waals surface area contributed by atoms with E-state index in [0.29, 0.717) is 13.2 Å². The zero-order chi connectivity index (χ0) is 27.6. The number of methoxy groups -OCH3 is 4. The first-order valence-corrected chi connectivity index (χ1v) is 13.5. The monoisotopic (exact) mass is 538 g/mol. The summed E-state index contributed by atoms with van der Waals surface area (Å²) in [5, 5.41) is 0. The largest absolute Gasteiger partial charge is 0.497 e. The molecule has 0 fully saturated rings. The normalized spacial score (nSPS) is 19.4. The summed E-state index contributed by atoms with van der Waals surface area (Å²) in [5.41, 5.74) is 5.83. The maximum atomic E-state index is 6.33. The minimum Gasteiger partial charge on any atom is -0.497 e. The van der Waals surface area contributed by atoms with Crippen molar-refractivity contribution in [1.82, 2.24) is 0 Å². The van der Waals surface area contributed by atoms with Gasteiger partial charge in [0.05, 0.1) is 41.7 Å². The number of benzene rings is 4. The Bertz CT molecular complexity index is 1480. The van der Waals surface area contributed by atoms with Gasteiger partial charge in [0.15, 0.2) is 0 Å². The maximum absolute atomic E-state index is 6.33. The fraction of sp³-hybridized carbons (Fsp3) is 0.294. The van der Waals surface area contributed by atoms with E-state index in [1.165, 1.54) is 16.7 Å². The summed E-state index contributed by atoms with van der Waals surface area (Å²) in [5.74, 6) is 5.31. The van der Waals surface area contributed by atoms with E-state index in [-0.39, 0.29) is 17.8 Å². The number of hydrogen-bond acceptors (Lipinski definition) is 6. The third-order valence-corrected chi connectivity index (χ3v) is 8.16. The summed E-state index contributed by atoms with van der Waals surface area (Å²) in [4.78, 5) is 0. The van der Waals surface area contributed by atoms with Crippen molar-refractivity contribution in [2.45, 2.75) is 24.2 Å². The van der Waals surface area contributed by atoms with E-state index in [1.54, 1.807) is 28.4 Å². The molecule has 0 radical (unpaired) electrons. The van der Waals surface area contributed by atoms with Crippen LogP contribution in [0.3, 0.4) is 0 Å². The molecule has 4 aromatic carbocycles. The van der Waals surface area contributed by atoms with Crippen LogP contribution in [0, 0.1) is 0 Å². The molecule has 0 aromatic heterocycles. The molecule has 2 aliphatic heterocycles. The van der Waals surface area contributed by atoms with Crippen LogP contribution in [-0.2, 0) is 6.42 Å². The SMILES string of the molecule is COc1ccc(C2COc3cc(OC)c(C4c5ccc(OC)cc5OCC4c4ccc(OC)cc4)cc3C2)cc1. The molecular weight excluding hydrogens is 504 g/mol. The van der Waals surface area contributed by atoms with Gasteiger partial charge in [-0.15, -0.1) is 0 Å². The van der Waals surface area contributed by atoms with Crippen molar-refractivity contribution in [3.63, 3.8) is 0 Å². The Morgan fingerprint density at radius 2 is 1.20 bits per heavy atom. The van der Waals surface area contributed by atoms with Crippen LogP contribution in [0.1, 0.15) is 45.6 Å². The van der Waals surface area contributed by atoms with Crippen LogP contribution in [0.2, 0.25) is 0 Å². The smallest absolute Gasteiger partial charge is 0.126 e. The summed E-state index contributed by atoms with van der Waals surface area (Å²) in [7, 11) is 6.77. The Hall–Kier alpha value is -4.32. The highest BCUT2D eigenvalue weighted by Crippen LogP contribution is 2.51. The topological polar surface area (TPSA) is 55.4 Å². The second-order valence-corrected chi connectivity index (χ2v) is 10.3. The van der Waals surface area contributed by atoms with Crippen LogP contribution in [0.4, 0.5) is 0 Å². The lowest BCUT2D eigenvalue weighted by molar-refractivity contribution is 0.244. The first-order chi connectivity index (χ1) is 19.6. The average molecular weight is 539 g/mol. The predicted octanol–water partition coefficient (Wildman–Crippen LogP) is 6.75. The fourth-order valence-corrected chi connectivity index (χ4v) is 5.98. The predicted molar refractivity (Wildman–Crippen MR) is 154 cm³/mol. The molecule has 2 aliphatic rings. The molecule has 40 heavy (non-hydrogen) atoms. The minimum absolute atomic E-state index is 0.00432. The van der Waals surface area contributed by atoms with Crippen molar-refractivity contribution in [2.24, 2.45) is 0 Å². The van der Waals surface area contributed by atoms with Crippen molar-refractivity contribution in [3.8, 4) is 34.5 Å². The van der Waals surface area contributed by atoms with Gasteiger partial charge in [0.2, 0.25) is 0 Å². The summed E-state index contributed by atoms with van der Waals surface area (Å²) in [6.45, 7) is 1.15. The summed E-state index contributed by atoms with van der Waals surface area (Å²) < 4.78 is 34.9. The summed E-state index contributed by atoms with van der Waals surface area (Å²) >= 11 is 0. The Morgan fingerprint density at radius 1 is 0.575 bits per heavy atom. The Labute approximate surface area is 235 Å². The van der Waals surface area contributed by atoms with E-state index in [1.807, 2.05) is 36.4 Å². The average Bonchev–Trinajstić information content (AvgIpc) is 3.03. The molecule has 0 amide bonds. The molecule has 0 N–H and O–H groups in total. The van der Waals surface area contributed by atoms with Gasteiger partial charge in [-0.1, -0.05) is 30.3 Å². The maximum Gasteiger partial charge on any atom is 0.126 e. The van der Waals surface area contributed by atoms with Gasteiger partial charge < -0.3 is 28.4 Å². The van der Waals surface area contributed by atoms with Gasteiger partial charge in [-0.05, 0) is 59.5 Å². The molecule has 6 rings (SSSR count). The second kappa shape index (κ2) is 11.0. The fourth-order valence-electron chi connectivity index (χ4n) is 5.98. The third-order valence-electron chi connectivity index (χ3n) is 8.16. The highest BCUT2D eigenvalue weighted by Gasteiger charge is 2.37. The lowest BCUT2D eigenvalue weighted by Crippen LogP contribution is -2.26. The van der Waals surface area contributed by atoms with Gasteiger partial charge >= 0.3 is 0 Å². The van der Waals surface area contributed by atoms with Crippen molar-refractivity contribution < 1.29 is 28.4 Å². The highest BCUT2D eigenvalue weighted by molar-refractivity contribution is 5.57. The molecule has 0 aliphatic carbocycles. The van der Waals surface area contributed by atoms with E-state index in [9.17, 15) is 0 Å². The molecule has 2 heterocycles. The first kappa shape index (κ1) is 25.9. The molecular formula is C34H34O6. The summed E-state index contributed by atoms with van der Waals surface area (Å²) in [6, 6.07) is 27.0. The van der Waals surface area contributed by atoms with E-state index >= 15 is 0 Å². The molecule has 0 spiro atoms. The molecule has 0 saturated carbocycles.